The Morgan fingerprint density at radius 3 is 2.52 bits per heavy atom. The van der Waals surface area contributed by atoms with Crippen molar-refractivity contribution in [2.75, 3.05) is 16.3 Å². The highest BCUT2D eigenvalue weighted by Gasteiger charge is 2.09. The molecule has 0 radical (unpaired) electrons. The van der Waals surface area contributed by atoms with Gasteiger partial charge in [-0.15, -0.1) is 0 Å². The molecule has 2 N–H and O–H groups in total. The zero-order chi connectivity index (χ0) is 18.9. The summed E-state index contributed by atoms with van der Waals surface area (Å²) < 4.78 is 30.9. The van der Waals surface area contributed by atoms with Crippen LogP contribution < -0.4 is 10.0 Å². The lowest BCUT2D eigenvalue weighted by Gasteiger charge is -2.06. The third-order valence-electron chi connectivity index (χ3n) is 3.75. The van der Waals surface area contributed by atoms with Crippen molar-refractivity contribution in [3.63, 3.8) is 0 Å². The number of sulfonamides is 1. The minimum Gasteiger partial charge on any atom is -0.423 e. The molecule has 2 aromatic heterocycles. The second-order valence-electron chi connectivity index (χ2n) is 5.94. The number of hydrogen-bond acceptors (Lipinski definition) is 7. The molecule has 0 fully saturated rings. The van der Waals surface area contributed by atoms with Gasteiger partial charge in [0.1, 0.15) is 0 Å². The Bertz CT molecular complexity index is 1220. The van der Waals surface area contributed by atoms with Crippen LogP contribution in [0.2, 0.25) is 0 Å². The summed E-state index contributed by atoms with van der Waals surface area (Å²) in [4.78, 5) is 4.23. The van der Waals surface area contributed by atoms with Crippen LogP contribution in [-0.2, 0) is 10.0 Å². The molecule has 0 saturated heterocycles. The van der Waals surface area contributed by atoms with E-state index in [9.17, 15) is 8.42 Å². The van der Waals surface area contributed by atoms with Gasteiger partial charge in [-0.05, 0) is 24.3 Å². The fourth-order valence-corrected chi connectivity index (χ4v) is 3.17. The highest BCUT2D eigenvalue weighted by atomic mass is 32.2. The van der Waals surface area contributed by atoms with Crippen LogP contribution in [0.15, 0.2) is 65.5 Å². The normalized spacial score (nSPS) is 11.4. The number of aromatic nitrogens is 3. The smallest absolute Gasteiger partial charge is 0.299 e. The molecule has 0 unspecified atom stereocenters. The van der Waals surface area contributed by atoms with Gasteiger partial charge in [0.15, 0.2) is 5.76 Å². The molecule has 2 heterocycles. The van der Waals surface area contributed by atoms with Crippen molar-refractivity contribution >= 4 is 38.2 Å². The lowest BCUT2D eigenvalue weighted by atomic mass is 10.1. The molecule has 8 nitrogen and oxygen atoms in total. The van der Waals surface area contributed by atoms with Crippen LogP contribution >= 0.6 is 0 Å². The summed E-state index contributed by atoms with van der Waals surface area (Å²) in [5.41, 5.74) is 1.96. The Kier molecular flexibility index (Phi) is 4.21. The minimum atomic E-state index is -3.34. The quantitative estimate of drug-likeness (QED) is 0.545. The minimum absolute atomic E-state index is 0.300. The molecule has 9 heteroatoms. The number of hydrogen-bond donors (Lipinski definition) is 2. The zero-order valence-electron chi connectivity index (χ0n) is 14.2. The van der Waals surface area contributed by atoms with E-state index in [0.29, 0.717) is 23.1 Å². The molecule has 0 bridgehead atoms. The van der Waals surface area contributed by atoms with Gasteiger partial charge >= 0.3 is 0 Å². The Morgan fingerprint density at radius 1 is 0.926 bits per heavy atom. The van der Waals surface area contributed by atoms with Gasteiger partial charge in [0.25, 0.3) is 6.01 Å². The molecule has 136 valence electrons. The molecule has 4 rings (SSSR count). The van der Waals surface area contributed by atoms with Gasteiger partial charge in [-0.2, -0.15) is 10.2 Å². The summed E-state index contributed by atoms with van der Waals surface area (Å²) in [6, 6.07) is 12.9. The number of oxazole rings is 1. The first-order valence-corrected chi connectivity index (χ1v) is 9.87. The van der Waals surface area contributed by atoms with Crippen LogP contribution in [0.3, 0.4) is 0 Å². The summed E-state index contributed by atoms with van der Waals surface area (Å²) in [6.07, 6.45) is 6.11. The van der Waals surface area contributed by atoms with Gasteiger partial charge in [-0.3, -0.25) is 4.72 Å². The van der Waals surface area contributed by atoms with Crippen LogP contribution in [-0.4, -0.2) is 29.9 Å². The Balaban J connectivity index is 1.56. The van der Waals surface area contributed by atoms with E-state index < -0.39 is 10.0 Å². The van der Waals surface area contributed by atoms with E-state index in [4.69, 9.17) is 4.42 Å². The predicted octanol–water partition coefficient (Wildman–Crippen LogP) is 3.40. The molecule has 2 aromatic carbocycles. The fourth-order valence-electron chi connectivity index (χ4n) is 2.61. The molecule has 0 aliphatic rings. The van der Waals surface area contributed by atoms with Gasteiger partial charge in [0.2, 0.25) is 10.0 Å². The lowest BCUT2D eigenvalue weighted by Crippen LogP contribution is -2.09. The lowest BCUT2D eigenvalue weighted by molar-refractivity contribution is 0.592. The molecular formula is C18H15N5O3S. The van der Waals surface area contributed by atoms with Crippen molar-refractivity contribution in [3.8, 4) is 11.3 Å². The average Bonchev–Trinajstić information content (AvgIpc) is 3.08. The van der Waals surface area contributed by atoms with Gasteiger partial charge < -0.3 is 9.73 Å². The van der Waals surface area contributed by atoms with Crippen LogP contribution in [0.25, 0.3) is 22.1 Å². The van der Waals surface area contributed by atoms with Gasteiger partial charge in [-0.25, -0.2) is 13.4 Å². The van der Waals surface area contributed by atoms with Crippen LogP contribution in [0.5, 0.6) is 0 Å². The van der Waals surface area contributed by atoms with Crippen molar-refractivity contribution in [2.45, 2.75) is 0 Å². The standard InChI is InChI=1S/C18H15N5O3S/c1-27(24,25)23-16-4-2-3-15(8-16)22-18-19-11-17(26-18)12-5-6-13-9-20-21-10-14(13)7-12/h2-11,23H,1H3,(H,19,22). The summed E-state index contributed by atoms with van der Waals surface area (Å²) in [7, 11) is -3.34. The topological polar surface area (TPSA) is 110 Å². The second kappa shape index (κ2) is 6.69. The number of fused-ring (bicyclic) bond motifs is 1. The molecule has 0 aliphatic carbocycles. The molecule has 0 amide bonds. The van der Waals surface area contributed by atoms with E-state index >= 15 is 0 Å². The third kappa shape index (κ3) is 4.04. The molecule has 4 aromatic rings. The van der Waals surface area contributed by atoms with Crippen LogP contribution in [0.1, 0.15) is 0 Å². The van der Waals surface area contributed by atoms with E-state index in [1.807, 2.05) is 18.2 Å². The highest BCUT2D eigenvalue weighted by Crippen LogP contribution is 2.27. The number of rotatable bonds is 5. The monoisotopic (exact) mass is 381 g/mol. The largest absolute Gasteiger partial charge is 0.423 e. The maximum Gasteiger partial charge on any atom is 0.299 e. The first kappa shape index (κ1) is 17.0. The number of benzene rings is 2. The predicted molar refractivity (Wildman–Crippen MR) is 103 cm³/mol. The molecular weight excluding hydrogens is 366 g/mol. The number of nitrogens with zero attached hydrogens (tertiary/aromatic N) is 3. The summed E-state index contributed by atoms with van der Waals surface area (Å²) in [5.74, 6) is 0.599. The molecule has 0 saturated carbocycles. The van der Waals surface area contributed by atoms with Crippen molar-refractivity contribution in [3.05, 3.63) is 61.1 Å². The maximum atomic E-state index is 11.4. The van der Waals surface area contributed by atoms with Crippen molar-refractivity contribution in [1.29, 1.82) is 0 Å². The maximum absolute atomic E-state index is 11.4. The molecule has 27 heavy (non-hydrogen) atoms. The van der Waals surface area contributed by atoms with E-state index in [1.165, 1.54) is 0 Å². The van der Waals surface area contributed by atoms with E-state index in [0.717, 1.165) is 22.6 Å². The van der Waals surface area contributed by atoms with Crippen molar-refractivity contribution in [1.82, 2.24) is 15.2 Å². The zero-order valence-corrected chi connectivity index (χ0v) is 15.1. The summed E-state index contributed by atoms with van der Waals surface area (Å²) >= 11 is 0. The Morgan fingerprint density at radius 2 is 1.70 bits per heavy atom. The van der Waals surface area contributed by atoms with Gasteiger partial charge in [-0.1, -0.05) is 18.2 Å². The number of anilines is 3. The van der Waals surface area contributed by atoms with Crippen molar-refractivity contribution < 1.29 is 12.8 Å². The van der Waals surface area contributed by atoms with E-state index in [-0.39, 0.29) is 0 Å². The van der Waals surface area contributed by atoms with Gasteiger partial charge in [0.05, 0.1) is 30.5 Å². The molecule has 0 spiro atoms. The van der Waals surface area contributed by atoms with Crippen LogP contribution in [0.4, 0.5) is 17.4 Å². The van der Waals surface area contributed by atoms with Crippen molar-refractivity contribution in [2.24, 2.45) is 0 Å². The van der Waals surface area contributed by atoms with Crippen LogP contribution in [0, 0.1) is 0 Å². The first-order valence-electron chi connectivity index (χ1n) is 7.98. The SMILES string of the molecule is CS(=O)(=O)Nc1cccc(Nc2ncc(-c3ccc4cnncc4c3)o2)c1. The molecule has 0 aliphatic heterocycles. The summed E-state index contributed by atoms with van der Waals surface area (Å²) in [5, 5.41) is 12.7. The van der Waals surface area contributed by atoms with E-state index in [2.05, 4.69) is 25.2 Å². The highest BCUT2D eigenvalue weighted by molar-refractivity contribution is 7.92. The Hall–Kier alpha value is -3.46. The van der Waals surface area contributed by atoms with Gasteiger partial charge in [0, 0.05) is 22.0 Å². The number of nitrogens with one attached hydrogen (secondary N) is 2. The van der Waals surface area contributed by atoms with E-state index in [1.54, 1.807) is 42.9 Å². The Labute approximate surface area is 155 Å². The third-order valence-corrected chi connectivity index (χ3v) is 4.36. The summed E-state index contributed by atoms with van der Waals surface area (Å²) in [6.45, 7) is 0. The average molecular weight is 381 g/mol. The second-order valence-corrected chi connectivity index (χ2v) is 7.69. The first-order chi connectivity index (χ1) is 13.0. The fraction of sp³-hybridized carbons (Fsp3) is 0.0556. The molecule has 0 atom stereocenters.